The van der Waals surface area contributed by atoms with E-state index in [1.54, 1.807) is 14.1 Å². The maximum atomic E-state index is 10.6. The molecule has 0 saturated heterocycles. The van der Waals surface area contributed by atoms with Gasteiger partial charge >= 0.3 is 0 Å². The predicted octanol–water partition coefficient (Wildman–Crippen LogP) is -0.248. The van der Waals surface area contributed by atoms with Crippen LogP contribution in [0.15, 0.2) is 4.99 Å². The molecule has 0 saturated carbocycles. The van der Waals surface area contributed by atoms with Gasteiger partial charge in [-0.1, -0.05) is 0 Å². The summed E-state index contributed by atoms with van der Waals surface area (Å²) >= 11 is 0. The predicted molar refractivity (Wildman–Crippen MR) is 36.0 cm³/mol. The molecule has 1 amide bonds. The Morgan fingerprint density at radius 1 is 1.67 bits per heavy atom. The first kappa shape index (κ1) is 7.81. The first-order chi connectivity index (χ1) is 4.18. The Morgan fingerprint density at radius 2 is 2.22 bits per heavy atom. The Balaban J connectivity index is 3.76. The quantitative estimate of drug-likeness (QED) is 0.403. The number of rotatable bonds is 2. The first-order valence-corrected chi connectivity index (χ1v) is 2.42. The van der Waals surface area contributed by atoms with Crippen LogP contribution in [0.1, 0.15) is 0 Å². The van der Waals surface area contributed by atoms with Gasteiger partial charge in [-0.3, -0.25) is 10.2 Å². The lowest BCUT2D eigenvalue weighted by Gasteiger charge is -2.03. The highest BCUT2D eigenvalue weighted by Gasteiger charge is 1.95. The molecule has 0 radical (unpaired) electrons. The van der Waals surface area contributed by atoms with Crippen LogP contribution in [-0.4, -0.2) is 37.5 Å². The second-order valence-electron chi connectivity index (χ2n) is 1.64. The van der Waals surface area contributed by atoms with Crippen molar-refractivity contribution in [3.05, 3.63) is 0 Å². The van der Waals surface area contributed by atoms with E-state index in [0.717, 1.165) is 12.6 Å². The molecule has 0 rings (SSSR count). The molecule has 0 aromatic heterocycles. The Morgan fingerprint density at radius 3 is 2.56 bits per heavy atom. The minimum absolute atomic E-state index is 0.210. The average Bonchev–Trinajstić information content (AvgIpc) is 1.82. The van der Waals surface area contributed by atoms with Gasteiger partial charge in [0.15, 0.2) is 0 Å². The van der Waals surface area contributed by atoms with Gasteiger partial charge in [0, 0.05) is 14.1 Å². The maximum Gasteiger partial charge on any atom is 0.264 e. The second kappa shape index (κ2) is 3.77. The van der Waals surface area contributed by atoms with Crippen molar-refractivity contribution in [3.8, 4) is 0 Å². The van der Waals surface area contributed by atoms with Crippen molar-refractivity contribution < 1.29 is 4.79 Å². The number of nitrogens with one attached hydrogen (secondary N) is 1. The zero-order valence-electron chi connectivity index (χ0n) is 5.46. The maximum absolute atomic E-state index is 10.6. The van der Waals surface area contributed by atoms with Crippen molar-refractivity contribution in [1.82, 2.24) is 4.90 Å². The summed E-state index contributed by atoms with van der Waals surface area (Å²) in [5, 5.41) is 6.44. The van der Waals surface area contributed by atoms with Gasteiger partial charge in [-0.15, -0.1) is 0 Å². The SMILES string of the molecule is CN(C)C(=O)C=NC=N. The molecule has 9 heavy (non-hydrogen) atoms. The number of nitrogens with zero attached hydrogens (tertiary/aromatic N) is 2. The lowest BCUT2D eigenvalue weighted by atomic mass is 10.6. The van der Waals surface area contributed by atoms with Crippen molar-refractivity contribution in [2.45, 2.75) is 0 Å². The van der Waals surface area contributed by atoms with Crippen LogP contribution in [0.25, 0.3) is 0 Å². The van der Waals surface area contributed by atoms with Crippen molar-refractivity contribution >= 4 is 18.5 Å². The Bertz CT molecular complexity index is 139. The van der Waals surface area contributed by atoms with Crippen LogP contribution in [0.2, 0.25) is 0 Å². The fraction of sp³-hybridized carbons (Fsp3) is 0.400. The Hall–Kier alpha value is -1.19. The van der Waals surface area contributed by atoms with Crippen molar-refractivity contribution in [2.75, 3.05) is 14.1 Å². The van der Waals surface area contributed by atoms with Crippen LogP contribution in [-0.2, 0) is 4.79 Å². The monoisotopic (exact) mass is 127 g/mol. The molecule has 4 heteroatoms. The molecule has 0 atom stereocenters. The molecule has 0 fully saturated rings. The number of aliphatic imine (C=N–C) groups is 1. The number of hydrogen-bond acceptors (Lipinski definition) is 2. The van der Waals surface area contributed by atoms with E-state index in [4.69, 9.17) is 5.41 Å². The second-order valence-corrected chi connectivity index (χ2v) is 1.64. The average molecular weight is 127 g/mol. The standard InChI is InChI=1S/C5H9N3O/c1-8(2)5(9)3-7-4-6/h3-4,6H,1-2H3. The molecule has 0 aliphatic heterocycles. The summed E-state index contributed by atoms with van der Waals surface area (Å²) in [5.41, 5.74) is 0. The van der Waals surface area contributed by atoms with Crippen molar-refractivity contribution in [1.29, 1.82) is 5.41 Å². The minimum Gasteiger partial charge on any atom is -0.344 e. The molecule has 0 heterocycles. The van der Waals surface area contributed by atoms with Crippen LogP contribution in [0.5, 0.6) is 0 Å². The first-order valence-electron chi connectivity index (χ1n) is 2.42. The van der Waals surface area contributed by atoms with E-state index in [-0.39, 0.29) is 5.91 Å². The van der Waals surface area contributed by atoms with E-state index >= 15 is 0 Å². The fourth-order valence-electron chi connectivity index (χ4n) is 0.217. The molecule has 0 spiro atoms. The molecule has 4 nitrogen and oxygen atoms in total. The third-order valence-electron chi connectivity index (χ3n) is 0.700. The molecule has 0 aromatic carbocycles. The van der Waals surface area contributed by atoms with E-state index in [9.17, 15) is 4.79 Å². The van der Waals surface area contributed by atoms with E-state index in [1.165, 1.54) is 4.90 Å². The van der Waals surface area contributed by atoms with Gasteiger partial charge in [-0.25, -0.2) is 4.99 Å². The van der Waals surface area contributed by atoms with Crippen molar-refractivity contribution in [2.24, 2.45) is 4.99 Å². The highest BCUT2D eigenvalue weighted by molar-refractivity contribution is 6.27. The molecule has 0 unspecified atom stereocenters. The molecule has 0 aromatic rings. The van der Waals surface area contributed by atoms with Gasteiger partial charge < -0.3 is 4.90 Å². The number of hydrogen-bond donors (Lipinski definition) is 1. The Labute approximate surface area is 53.7 Å². The normalized spacial score (nSPS) is 9.56. The third-order valence-corrected chi connectivity index (χ3v) is 0.700. The highest BCUT2D eigenvalue weighted by Crippen LogP contribution is 1.71. The van der Waals surface area contributed by atoms with Gasteiger partial charge in [0.1, 0.15) is 6.34 Å². The summed E-state index contributed by atoms with van der Waals surface area (Å²) in [6, 6.07) is 0. The summed E-state index contributed by atoms with van der Waals surface area (Å²) in [7, 11) is 3.25. The fourth-order valence-corrected chi connectivity index (χ4v) is 0.217. The molecular formula is C5H9N3O. The van der Waals surface area contributed by atoms with Gasteiger partial charge in [-0.05, 0) is 0 Å². The largest absolute Gasteiger partial charge is 0.344 e. The number of amides is 1. The van der Waals surface area contributed by atoms with Crippen molar-refractivity contribution in [3.63, 3.8) is 0 Å². The summed E-state index contributed by atoms with van der Waals surface area (Å²) < 4.78 is 0. The van der Waals surface area contributed by atoms with Crippen LogP contribution < -0.4 is 0 Å². The topological polar surface area (TPSA) is 56.5 Å². The molecule has 0 aliphatic carbocycles. The smallest absolute Gasteiger partial charge is 0.264 e. The van der Waals surface area contributed by atoms with Crippen LogP contribution in [0.4, 0.5) is 0 Å². The van der Waals surface area contributed by atoms with Crippen LogP contribution >= 0.6 is 0 Å². The summed E-state index contributed by atoms with van der Waals surface area (Å²) in [6.45, 7) is 0. The lowest BCUT2D eigenvalue weighted by Crippen LogP contribution is -2.22. The van der Waals surface area contributed by atoms with Gasteiger partial charge in [0.2, 0.25) is 0 Å². The van der Waals surface area contributed by atoms with Crippen LogP contribution in [0, 0.1) is 5.41 Å². The lowest BCUT2D eigenvalue weighted by molar-refractivity contribution is -0.121. The minimum atomic E-state index is -0.210. The zero-order valence-corrected chi connectivity index (χ0v) is 5.46. The molecular weight excluding hydrogens is 118 g/mol. The molecule has 0 aliphatic rings. The zero-order chi connectivity index (χ0) is 7.28. The highest BCUT2D eigenvalue weighted by atomic mass is 16.2. The third kappa shape index (κ3) is 3.40. The van der Waals surface area contributed by atoms with Gasteiger partial charge in [0.05, 0.1) is 6.21 Å². The molecule has 0 bridgehead atoms. The number of carbonyl (C=O) groups is 1. The number of carbonyl (C=O) groups excluding carboxylic acids is 1. The van der Waals surface area contributed by atoms with Gasteiger partial charge in [-0.2, -0.15) is 0 Å². The Kier molecular flexibility index (Phi) is 3.27. The van der Waals surface area contributed by atoms with Gasteiger partial charge in [0.25, 0.3) is 5.91 Å². The van der Waals surface area contributed by atoms with E-state index < -0.39 is 0 Å². The summed E-state index contributed by atoms with van der Waals surface area (Å²) in [6.07, 6.45) is 1.91. The summed E-state index contributed by atoms with van der Waals surface area (Å²) in [5.74, 6) is -0.210. The van der Waals surface area contributed by atoms with E-state index in [1.807, 2.05) is 0 Å². The van der Waals surface area contributed by atoms with E-state index in [2.05, 4.69) is 4.99 Å². The molecule has 1 N–H and O–H groups in total. The molecule has 50 valence electrons. The summed E-state index contributed by atoms with van der Waals surface area (Å²) in [4.78, 5) is 15.3. The van der Waals surface area contributed by atoms with Crippen LogP contribution in [0.3, 0.4) is 0 Å². The van der Waals surface area contributed by atoms with E-state index in [0.29, 0.717) is 0 Å².